The van der Waals surface area contributed by atoms with Gasteiger partial charge in [0, 0.05) is 0 Å². The molecule has 1 saturated heterocycles. The Labute approximate surface area is 164 Å². The van der Waals surface area contributed by atoms with Gasteiger partial charge in [-0.1, -0.05) is 51.5 Å². The molecule has 1 atom stereocenters. The molecule has 1 heterocycles. The van der Waals surface area contributed by atoms with E-state index < -0.39 is 24.7 Å². The molecule has 0 aliphatic carbocycles. The number of carbonyl (C=O) groups excluding carboxylic acids is 2. The number of amides is 3. The molecule has 1 aliphatic rings. The van der Waals surface area contributed by atoms with Crippen LogP contribution >= 0.6 is 7.60 Å². The van der Waals surface area contributed by atoms with Gasteiger partial charge in [0.2, 0.25) is 0 Å². The van der Waals surface area contributed by atoms with Crippen molar-refractivity contribution in [2.75, 3.05) is 6.61 Å². The van der Waals surface area contributed by atoms with Crippen LogP contribution in [0.15, 0.2) is 30.0 Å². The van der Waals surface area contributed by atoms with E-state index in [9.17, 15) is 19.0 Å². The molecule has 1 aliphatic heterocycles. The van der Waals surface area contributed by atoms with Gasteiger partial charge in [0.1, 0.15) is 5.70 Å². The van der Waals surface area contributed by atoms with Crippen molar-refractivity contribution in [2.45, 2.75) is 51.6 Å². The SMILES string of the molecule is CCCCOOP(=O)(O)C(CC)(CC)c1cccc(C=C2NC(=O)NC2=O)c1. The quantitative estimate of drug-likeness (QED) is 0.135. The molecule has 0 bridgehead atoms. The molecule has 2 rings (SSSR count). The summed E-state index contributed by atoms with van der Waals surface area (Å²) in [7, 11) is -4.17. The lowest BCUT2D eigenvalue weighted by Gasteiger charge is -2.34. The first-order valence-electron chi connectivity index (χ1n) is 9.38. The van der Waals surface area contributed by atoms with Crippen molar-refractivity contribution >= 4 is 25.6 Å². The number of hydrogen-bond acceptors (Lipinski definition) is 5. The van der Waals surface area contributed by atoms with Crippen molar-refractivity contribution in [1.82, 2.24) is 10.6 Å². The topological polar surface area (TPSA) is 114 Å². The minimum atomic E-state index is -4.17. The predicted molar refractivity (Wildman–Crippen MR) is 105 cm³/mol. The Balaban J connectivity index is 2.35. The van der Waals surface area contributed by atoms with Gasteiger partial charge >= 0.3 is 13.6 Å². The Kier molecular flexibility index (Phi) is 7.55. The Morgan fingerprint density at radius 2 is 1.89 bits per heavy atom. The molecule has 3 amide bonds. The molecule has 0 aromatic heterocycles. The molecular weight excluding hydrogens is 383 g/mol. The van der Waals surface area contributed by atoms with Gasteiger partial charge in [-0.15, -0.1) is 4.67 Å². The molecule has 1 unspecified atom stereocenters. The largest absolute Gasteiger partial charge is 0.365 e. The number of benzene rings is 1. The number of unbranched alkanes of at least 4 members (excludes halogenated alkanes) is 1. The van der Waals surface area contributed by atoms with Crippen molar-refractivity contribution in [3.8, 4) is 0 Å². The van der Waals surface area contributed by atoms with Crippen LogP contribution in [0.3, 0.4) is 0 Å². The van der Waals surface area contributed by atoms with E-state index in [1.165, 1.54) is 6.08 Å². The first-order chi connectivity index (χ1) is 13.3. The second-order valence-electron chi connectivity index (χ2n) is 6.60. The molecule has 3 N–H and O–H groups in total. The minimum Gasteiger partial charge on any atom is -0.322 e. The number of carbonyl (C=O) groups is 2. The highest BCUT2D eigenvalue weighted by Crippen LogP contribution is 2.64. The van der Waals surface area contributed by atoms with Crippen LogP contribution in [0.1, 0.15) is 57.6 Å². The van der Waals surface area contributed by atoms with E-state index in [1.807, 2.05) is 20.8 Å². The van der Waals surface area contributed by atoms with E-state index in [2.05, 4.69) is 10.6 Å². The second-order valence-corrected chi connectivity index (χ2v) is 8.65. The fourth-order valence-electron chi connectivity index (χ4n) is 3.17. The van der Waals surface area contributed by atoms with Gasteiger partial charge < -0.3 is 10.2 Å². The molecule has 1 fully saturated rings. The number of imide groups is 1. The monoisotopic (exact) mass is 410 g/mol. The summed E-state index contributed by atoms with van der Waals surface area (Å²) in [6.07, 6.45) is 3.83. The molecule has 28 heavy (non-hydrogen) atoms. The predicted octanol–water partition coefficient (Wildman–Crippen LogP) is 3.82. The molecule has 0 radical (unpaired) electrons. The summed E-state index contributed by atoms with van der Waals surface area (Å²) in [6.45, 7) is 5.86. The summed E-state index contributed by atoms with van der Waals surface area (Å²) in [6, 6.07) is 6.36. The van der Waals surface area contributed by atoms with Crippen molar-refractivity contribution in [3.05, 3.63) is 41.1 Å². The lowest BCUT2D eigenvalue weighted by atomic mass is 9.91. The van der Waals surface area contributed by atoms with E-state index in [0.29, 0.717) is 24.0 Å². The van der Waals surface area contributed by atoms with Gasteiger partial charge in [0.15, 0.2) is 0 Å². The Morgan fingerprint density at radius 3 is 2.46 bits per heavy atom. The van der Waals surface area contributed by atoms with Crippen molar-refractivity contribution in [2.24, 2.45) is 0 Å². The average molecular weight is 410 g/mol. The van der Waals surface area contributed by atoms with Gasteiger partial charge in [-0.05, 0) is 36.5 Å². The molecule has 1 aromatic carbocycles. The van der Waals surface area contributed by atoms with Crippen LogP contribution in [0.4, 0.5) is 4.79 Å². The maximum Gasteiger partial charge on any atom is 0.365 e. The number of rotatable bonds is 10. The third kappa shape index (κ3) is 4.70. The zero-order chi connectivity index (χ0) is 20.8. The third-order valence-electron chi connectivity index (χ3n) is 4.90. The zero-order valence-corrected chi connectivity index (χ0v) is 17.3. The summed E-state index contributed by atoms with van der Waals surface area (Å²) in [4.78, 5) is 38.7. The fourth-order valence-corrected chi connectivity index (χ4v) is 4.80. The Hall–Kier alpha value is -1.99. The highest BCUT2D eigenvalue weighted by molar-refractivity contribution is 7.54. The second kappa shape index (κ2) is 9.47. The van der Waals surface area contributed by atoms with Gasteiger partial charge in [-0.2, -0.15) is 0 Å². The maximum atomic E-state index is 13.1. The molecule has 154 valence electrons. The van der Waals surface area contributed by atoms with Crippen molar-refractivity contribution in [1.29, 1.82) is 0 Å². The van der Waals surface area contributed by atoms with Gasteiger partial charge in [-0.3, -0.25) is 14.7 Å². The maximum absolute atomic E-state index is 13.1. The molecule has 8 nitrogen and oxygen atoms in total. The van der Waals surface area contributed by atoms with Crippen LogP contribution in [0.25, 0.3) is 6.08 Å². The van der Waals surface area contributed by atoms with E-state index in [1.54, 1.807) is 24.3 Å². The highest BCUT2D eigenvalue weighted by atomic mass is 31.2. The summed E-state index contributed by atoms with van der Waals surface area (Å²) < 4.78 is 18.1. The van der Waals surface area contributed by atoms with E-state index in [0.717, 1.165) is 12.8 Å². The molecule has 1 aromatic rings. The van der Waals surface area contributed by atoms with Crippen LogP contribution in [0.5, 0.6) is 0 Å². The first kappa shape index (κ1) is 22.3. The normalized spacial score (nSPS) is 18.1. The standard InChI is InChI=1S/C19H27N2O6P/c1-4-7-11-26-27-28(24,25)19(5-2,6-3)15-10-8-9-14(12-15)13-16-17(22)21-18(23)20-16/h8-10,12-13H,4-7,11H2,1-3H3,(H,24,25)(H2,20,21,22,23). The van der Waals surface area contributed by atoms with Crippen molar-refractivity contribution in [3.63, 3.8) is 0 Å². The summed E-state index contributed by atoms with van der Waals surface area (Å²) in [5.74, 6) is -0.520. The molecule has 0 spiro atoms. The van der Waals surface area contributed by atoms with Crippen LogP contribution in [0, 0.1) is 0 Å². The highest BCUT2D eigenvalue weighted by Gasteiger charge is 2.48. The Bertz CT molecular complexity index is 803. The minimum absolute atomic E-state index is 0.118. The molecular formula is C19H27N2O6P. The van der Waals surface area contributed by atoms with E-state index in [-0.39, 0.29) is 12.3 Å². The van der Waals surface area contributed by atoms with Gasteiger partial charge in [0.25, 0.3) is 5.91 Å². The van der Waals surface area contributed by atoms with Crippen LogP contribution in [-0.4, -0.2) is 23.4 Å². The zero-order valence-electron chi connectivity index (χ0n) is 16.4. The first-order valence-corrected chi connectivity index (χ1v) is 11.0. The third-order valence-corrected chi connectivity index (χ3v) is 7.18. The van der Waals surface area contributed by atoms with Crippen LogP contribution in [0.2, 0.25) is 0 Å². The Morgan fingerprint density at radius 1 is 1.18 bits per heavy atom. The smallest absolute Gasteiger partial charge is 0.322 e. The summed E-state index contributed by atoms with van der Waals surface area (Å²) >= 11 is 0. The van der Waals surface area contributed by atoms with Gasteiger partial charge in [-0.25, -0.2) is 9.68 Å². The summed E-state index contributed by atoms with van der Waals surface area (Å²) in [5.41, 5.74) is 1.33. The average Bonchev–Trinajstić information content (AvgIpc) is 2.97. The molecule has 0 saturated carbocycles. The number of hydrogen-bond donors (Lipinski definition) is 3. The summed E-state index contributed by atoms with van der Waals surface area (Å²) in [5, 5.41) is 3.40. The van der Waals surface area contributed by atoms with E-state index >= 15 is 0 Å². The fraction of sp³-hybridized carbons (Fsp3) is 0.474. The number of urea groups is 1. The van der Waals surface area contributed by atoms with Gasteiger partial charge in [0.05, 0.1) is 11.8 Å². The molecule has 9 heteroatoms. The lowest BCUT2D eigenvalue weighted by Crippen LogP contribution is -2.26. The number of nitrogens with one attached hydrogen (secondary N) is 2. The van der Waals surface area contributed by atoms with Crippen LogP contribution < -0.4 is 10.6 Å². The van der Waals surface area contributed by atoms with Crippen molar-refractivity contribution < 1.29 is 28.6 Å². The lowest BCUT2D eigenvalue weighted by molar-refractivity contribution is -0.216. The van der Waals surface area contributed by atoms with Crippen LogP contribution in [-0.2, 0) is 24.1 Å². The van der Waals surface area contributed by atoms with E-state index in [4.69, 9.17) is 9.56 Å².